The molecule has 0 spiro atoms. The lowest BCUT2D eigenvalue weighted by Gasteiger charge is -2.32. The van der Waals surface area contributed by atoms with Crippen molar-refractivity contribution in [2.24, 2.45) is 5.92 Å². The molecule has 1 aliphatic rings. The number of hydrogen-bond acceptors (Lipinski definition) is 4. The molecule has 0 radical (unpaired) electrons. The SMILES string of the molecule is CNC(=O)C1CCCN(C(=O)c2ccccc2SC(C)C(=O)O)C1. The van der Waals surface area contributed by atoms with Crippen LogP contribution in [0, 0.1) is 5.92 Å². The highest BCUT2D eigenvalue weighted by atomic mass is 32.2. The fourth-order valence-electron chi connectivity index (χ4n) is 2.74. The molecular weight excluding hydrogens is 328 g/mol. The molecule has 2 amide bonds. The topological polar surface area (TPSA) is 86.7 Å². The summed E-state index contributed by atoms with van der Waals surface area (Å²) in [6.07, 6.45) is 1.56. The highest BCUT2D eigenvalue weighted by molar-refractivity contribution is 8.00. The molecule has 1 aromatic carbocycles. The van der Waals surface area contributed by atoms with Gasteiger partial charge in [0.15, 0.2) is 0 Å². The lowest BCUT2D eigenvalue weighted by atomic mass is 9.96. The summed E-state index contributed by atoms with van der Waals surface area (Å²) in [6, 6.07) is 7.03. The first kappa shape index (κ1) is 18.3. The van der Waals surface area contributed by atoms with Gasteiger partial charge in [0.05, 0.1) is 11.5 Å². The third-order valence-electron chi connectivity index (χ3n) is 4.09. The minimum atomic E-state index is -0.917. The van der Waals surface area contributed by atoms with E-state index < -0.39 is 11.2 Å². The van der Waals surface area contributed by atoms with E-state index in [0.29, 0.717) is 23.5 Å². The summed E-state index contributed by atoms with van der Waals surface area (Å²) in [7, 11) is 1.60. The lowest BCUT2D eigenvalue weighted by Crippen LogP contribution is -2.44. The van der Waals surface area contributed by atoms with Crippen LogP contribution >= 0.6 is 11.8 Å². The maximum absolute atomic E-state index is 12.9. The van der Waals surface area contributed by atoms with Crippen LogP contribution in [-0.2, 0) is 9.59 Å². The number of carboxylic acids is 1. The van der Waals surface area contributed by atoms with Gasteiger partial charge < -0.3 is 15.3 Å². The zero-order chi connectivity index (χ0) is 17.7. The first-order valence-corrected chi connectivity index (χ1v) is 8.81. The zero-order valence-electron chi connectivity index (χ0n) is 13.8. The Morgan fingerprint density at radius 1 is 1.33 bits per heavy atom. The van der Waals surface area contributed by atoms with E-state index in [9.17, 15) is 14.4 Å². The van der Waals surface area contributed by atoms with Crippen LogP contribution in [0.4, 0.5) is 0 Å². The van der Waals surface area contributed by atoms with Crippen molar-refractivity contribution in [3.8, 4) is 0 Å². The fraction of sp³-hybridized carbons (Fsp3) is 0.471. The van der Waals surface area contributed by atoms with Crippen LogP contribution in [-0.4, -0.2) is 53.2 Å². The van der Waals surface area contributed by atoms with E-state index in [1.165, 1.54) is 0 Å². The molecule has 1 fully saturated rings. The number of nitrogens with zero attached hydrogens (tertiary/aromatic N) is 1. The monoisotopic (exact) mass is 350 g/mol. The van der Waals surface area contributed by atoms with Gasteiger partial charge in [-0.3, -0.25) is 14.4 Å². The normalized spacial score (nSPS) is 18.8. The summed E-state index contributed by atoms with van der Waals surface area (Å²) < 4.78 is 0. The van der Waals surface area contributed by atoms with Gasteiger partial charge in [0.25, 0.3) is 5.91 Å². The molecule has 7 heteroatoms. The summed E-state index contributed by atoms with van der Waals surface area (Å²) in [5.74, 6) is -1.30. The maximum Gasteiger partial charge on any atom is 0.316 e. The Balaban J connectivity index is 2.17. The van der Waals surface area contributed by atoms with Crippen LogP contribution in [0.3, 0.4) is 0 Å². The predicted octanol–water partition coefficient (Wildman–Crippen LogP) is 1.85. The second-order valence-electron chi connectivity index (χ2n) is 5.80. The second kappa shape index (κ2) is 8.19. The lowest BCUT2D eigenvalue weighted by molar-refractivity contribution is -0.136. The molecule has 24 heavy (non-hydrogen) atoms. The summed E-state index contributed by atoms with van der Waals surface area (Å²) >= 11 is 1.16. The molecule has 0 bridgehead atoms. The van der Waals surface area contributed by atoms with Gasteiger partial charge in [-0.25, -0.2) is 0 Å². The average molecular weight is 350 g/mol. The van der Waals surface area contributed by atoms with Crippen molar-refractivity contribution in [2.45, 2.75) is 29.9 Å². The molecular formula is C17H22N2O4S. The van der Waals surface area contributed by atoms with Crippen molar-refractivity contribution in [3.63, 3.8) is 0 Å². The first-order chi connectivity index (χ1) is 11.4. The third-order valence-corrected chi connectivity index (χ3v) is 5.26. The molecule has 2 atom stereocenters. The van der Waals surface area contributed by atoms with Gasteiger partial charge >= 0.3 is 5.97 Å². The molecule has 0 aromatic heterocycles. The number of carbonyl (C=O) groups is 3. The average Bonchev–Trinajstić information content (AvgIpc) is 2.60. The van der Waals surface area contributed by atoms with Gasteiger partial charge in [0.1, 0.15) is 5.25 Å². The highest BCUT2D eigenvalue weighted by Crippen LogP contribution is 2.29. The molecule has 1 aliphatic heterocycles. The Hall–Kier alpha value is -2.02. The van der Waals surface area contributed by atoms with E-state index in [-0.39, 0.29) is 17.7 Å². The Bertz CT molecular complexity index is 635. The quantitative estimate of drug-likeness (QED) is 0.792. The van der Waals surface area contributed by atoms with Gasteiger partial charge in [-0.1, -0.05) is 12.1 Å². The van der Waals surface area contributed by atoms with Crippen LogP contribution in [0.15, 0.2) is 29.2 Å². The minimum absolute atomic E-state index is 0.0466. The molecule has 1 aromatic rings. The number of aliphatic carboxylic acids is 1. The van der Waals surface area contributed by atoms with Crippen molar-refractivity contribution in [3.05, 3.63) is 29.8 Å². The van der Waals surface area contributed by atoms with Crippen molar-refractivity contribution in [2.75, 3.05) is 20.1 Å². The molecule has 1 heterocycles. The van der Waals surface area contributed by atoms with Gasteiger partial charge in [-0.15, -0.1) is 11.8 Å². The maximum atomic E-state index is 12.9. The highest BCUT2D eigenvalue weighted by Gasteiger charge is 2.29. The van der Waals surface area contributed by atoms with E-state index in [1.54, 1.807) is 43.1 Å². The van der Waals surface area contributed by atoms with Crippen molar-refractivity contribution in [1.29, 1.82) is 0 Å². The number of carboxylic acid groups (broad SMARTS) is 1. The second-order valence-corrected chi connectivity index (χ2v) is 7.18. The zero-order valence-corrected chi connectivity index (χ0v) is 14.6. The van der Waals surface area contributed by atoms with Gasteiger partial charge in [-0.2, -0.15) is 0 Å². The minimum Gasteiger partial charge on any atom is -0.480 e. The number of piperidine rings is 1. The number of benzene rings is 1. The van der Waals surface area contributed by atoms with E-state index in [1.807, 2.05) is 0 Å². The third kappa shape index (κ3) is 4.29. The number of nitrogens with one attached hydrogen (secondary N) is 1. The van der Waals surface area contributed by atoms with Gasteiger partial charge in [0.2, 0.25) is 5.91 Å². The summed E-state index contributed by atoms with van der Waals surface area (Å²) in [5, 5.41) is 11.1. The smallest absolute Gasteiger partial charge is 0.316 e. The number of likely N-dealkylation sites (tertiary alicyclic amines) is 1. The molecule has 0 saturated carbocycles. The van der Waals surface area contributed by atoms with E-state index in [4.69, 9.17) is 5.11 Å². The van der Waals surface area contributed by atoms with Crippen LogP contribution in [0.25, 0.3) is 0 Å². The van der Waals surface area contributed by atoms with E-state index >= 15 is 0 Å². The molecule has 2 N–H and O–H groups in total. The largest absolute Gasteiger partial charge is 0.480 e. The van der Waals surface area contributed by atoms with Crippen molar-refractivity contribution in [1.82, 2.24) is 10.2 Å². The molecule has 130 valence electrons. The van der Waals surface area contributed by atoms with E-state index in [0.717, 1.165) is 24.6 Å². The molecule has 2 rings (SSSR count). The summed E-state index contributed by atoms with van der Waals surface area (Å²) in [5.41, 5.74) is 0.494. The Morgan fingerprint density at radius 3 is 2.71 bits per heavy atom. The number of carbonyl (C=O) groups excluding carboxylic acids is 2. The first-order valence-electron chi connectivity index (χ1n) is 7.93. The van der Waals surface area contributed by atoms with Crippen LogP contribution < -0.4 is 5.32 Å². The fourth-order valence-corrected chi connectivity index (χ4v) is 3.66. The molecule has 2 unspecified atom stereocenters. The van der Waals surface area contributed by atoms with Crippen molar-refractivity contribution >= 4 is 29.5 Å². The summed E-state index contributed by atoms with van der Waals surface area (Å²) in [4.78, 5) is 38.1. The van der Waals surface area contributed by atoms with Crippen molar-refractivity contribution < 1.29 is 19.5 Å². The molecule has 6 nitrogen and oxygen atoms in total. The predicted molar refractivity (Wildman–Crippen MR) is 92.1 cm³/mol. The van der Waals surface area contributed by atoms with Gasteiger partial charge in [0, 0.05) is 25.0 Å². The Morgan fingerprint density at radius 2 is 2.04 bits per heavy atom. The Labute approximate surface area is 145 Å². The van der Waals surface area contributed by atoms with Crippen LogP contribution in [0.1, 0.15) is 30.1 Å². The molecule has 1 saturated heterocycles. The number of thioether (sulfide) groups is 1. The van der Waals surface area contributed by atoms with Crippen LogP contribution in [0.5, 0.6) is 0 Å². The number of hydrogen-bond donors (Lipinski definition) is 2. The van der Waals surface area contributed by atoms with Crippen LogP contribution in [0.2, 0.25) is 0 Å². The molecule has 0 aliphatic carbocycles. The number of rotatable bonds is 5. The summed E-state index contributed by atoms with van der Waals surface area (Å²) in [6.45, 7) is 2.60. The standard InChI is InChI=1S/C17H22N2O4S/c1-11(17(22)23)24-14-8-4-3-7-13(14)16(21)19-9-5-6-12(10-19)15(20)18-2/h3-4,7-8,11-12H,5-6,9-10H2,1-2H3,(H,18,20)(H,22,23). The Kier molecular flexibility index (Phi) is 6.25. The van der Waals surface area contributed by atoms with E-state index in [2.05, 4.69) is 5.32 Å². The number of amides is 2. The van der Waals surface area contributed by atoms with Gasteiger partial charge in [-0.05, 0) is 31.9 Å².